The van der Waals surface area contributed by atoms with Crippen LogP contribution in [0.5, 0.6) is 0 Å². The van der Waals surface area contributed by atoms with Crippen molar-refractivity contribution >= 4 is 16.8 Å². The summed E-state index contributed by atoms with van der Waals surface area (Å²) in [7, 11) is -1.34. The third-order valence-electron chi connectivity index (χ3n) is 1.48. The number of hydrogen-bond acceptors (Lipinski definition) is 3. The fourth-order valence-electron chi connectivity index (χ4n) is 0.781. The van der Waals surface area contributed by atoms with Crippen molar-refractivity contribution in [2.45, 2.75) is 10.9 Å². The van der Waals surface area contributed by atoms with Gasteiger partial charge in [0.25, 0.3) is 0 Å². The van der Waals surface area contributed by atoms with Crippen molar-refractivity contribution in [1.29, 1.82) is 0 Å². The number of carboxylic acids is 1. The number of carboxylic acid groups (broad SMARTS) is 1. The van der Waals surface area contributed by atoms with Gasteiger partial charge in [0.15, 0.2) is 0 Å². The highest BCUT2D eigenvalue weighted by atomic mass is 32.2. The quantitative estimate of drug-likeness (QED) is 0.615. The van der Waals surface area contributed by atoms with Crippen LogP contribution < -0.4 is 5.73 Å². The Morgan fingerprint density at radius 1 is 1.77 bits per heavy atom. The molecule has 0 aliphatic heterocycles. The Hall–Kier alpha value is -1.14. The van der Waals surface area contributed by atoms with Gasteiger partial charge in [-0.05, 0) is 6.07 Å². The second-order valence-corrected chi connectivity index (χ2v) is 4.00. The van der Waals surface area contributed by atoms with Crippen LogP contribution in [0.25, 0.3) is 0 Å². The molecule has 2 atom stereocenters. The van der Waals surface area contributed by atoms with Crippen molar-refractivity contribution in [3.8, 4) is 0 Å². The van der Waals surface area contributed by atoms with Gasteiger partial charge in [0, 0.05) is 12.4 Å². The van der Waals surface area contributed by atoms with Crippen molar-refractivity contribution in [3.05, 3.63) is 18.5 Å². The lowest BCUT2D eigenvalue weighted by atomic mass is 10.4. The van der Waals surface area contributed by atoms with Crippen LogP contribution in [0.15, 0.2) is 23.4 Å². The molecule has 13 heavy (non-hydrogen) atoms. The van der Waals surface area contributed by atoms with Crippen LogP contribution in [0.4, 0.5) is 0 Å². The topological polar surface area (TPSA) is 96.2 Å². The molecule has 1 aromatic heterocycles. The molecule has 0 saturated heterocycles. The van der Waals surface area contributed by atoms with E-state index < -0.39 is 22.8 Å². The fraction of sp³-hybridized carbons (Fsp3) is 0.286. The molecule has 72 valence electrons. The first kappa shape index (κ1) is 9.94. The predicted molar refractivity (Wildman–Crippen MR) is 47.7 cm³/mol. The van der Waals surface area contributed by atoms with E-state index in [0.29, 0.717) is 4.90 Å². The molecule has 0 radical (unpaired) electrons. The maximum absolute atomic E-state index is 11.4. The van der Waals surface area contributed by atoms with E-state index >= 15 is 0 Å². The van der Waals surface area contributed by atoms with Crippen molar-refractivity contribution in [2.24, 2.45) is 5.73 Å². The number of carbonyl (C=O) groups is 1. The van der Waals surface area contributed by atoms with Gasteiger partial charge in [0.2, 0.25) is 0 Å². The largest absolute Gasteiger partial charge is 0.480 e. The minimum Gasteiger partial charge on any atom is -0.480 e. The van der Waals surface area contributed by atoms with Gasteiger partial charge in [-0.15, -0.1) is 0 Å². The van der Waals surface area contributed by atoms with Gasteiger partial charge in [-0.25, -0.2) is 0 Å². The molecular formula is C7H10N2O3S. The van der Waals surface area contributed by atoms with E-state index in [1.54, 1.807) is 18.5 Å². The first-order valence-corrected chi connectivity index (χ1v) is 4.92. The van der Waals surface area contributed by atoms with Gasteiger partial charge in [0.05, 0.1) is 21.4 Å². The van der Waals surface area contributed by atoms with Crippen LogP contribution in [0.3, 0.4) is 0 Å². The number of H-pyrrole nitrogens is 1. The first-order chi connectivity index (χ1) is 6.11. The summed E-state index contributed by atoms with van der Waals surface area (Å²) in [5, 5.41) is 8.46. The second kappa shape index (κ2) is 4.20. The second-order valence-electron chi connectivity index (χ2n) is 2.50. The van der Waals surface area contributed by atoms with Crippen molar-refractivity contribution in [3.63, 3.8) is 0 Å². The maximum atomic E-state index is 11.4. The molecule has 0 amide bonds. The zero-order chi connectivity index (χ0) is 9.84. The number of aromatic amines is 1. The standard InChI is InChI=1S/C7H10N2O3S/c8-6(7(10)11)4-13(12)5-1-2-9-3-5/h1-3,6,9H,4,8H2,(H,10,11)/t6-,13?/m0/s1. The maximum Gasteiger partial charge on any atom is 0.321 e. The van der Waals surface area contributed by atoms with Gasteiger partial charge in [-0.3, -0.25) is 9.00 Å². The summed E-state index contributed by atoms with van der Waals surface area (Å²) in [5.74, 6) is -1.20. The normalized spacial score (nSPS) is 15.2. The fourth-order valence-corrected chi connectivity index (χ4v) is 1.86. The monoisotopic (exact) mass is 202 g/mol. The Kier molecular flexibility index (Phi) is 3.21. The van der Waals surface area contributed by atoms with E-state index in [0.717, 1.165) is 0 Å². The number of rotatable bonds is 4. The molecule has 1 heterocycles. The minimum atomic E-state index is -1.34. The van der Waals surface area contributed by atoms with Crippen molar-refractivity contribution < 1.29 is 14.1 Å². The molecule has 0 saturated carbocycles. The lowest BCUT2D eigenvalue weighted by molar-refractivity contribution is -0.137. The molecule has 0 aliphatic carbocycles. The molecule has 6 heteroatoms. The molecular weight excluding hydrogens is 192 g/mol. The van der Waals surface area contributed by atoms with Gasteiger partial charge in [-0.2, -0.15) is 0 Å². The van der Waals surface area contributed by atoms with E-state index in [1.165, 1.54) is 0 Å². The molecule has 1 unspecified atom stereocenters. The Morgan fingerprint density at radius 2 is 2.46 bits per heavy atom. The molecule has 5 nitrogen and oxygen atoms in total. The molecule has 0 aliphatic rings. The van der Waals surface area contributed by atoms with Crippen LogP contribution >= 0.6 is 0 Å². The van der Waals surface area contributed by atoms with E-state index in [-0.39, 0.29) is 5.75 Å². The highest BCUT2D eigenvalue weighted by Crippen LogP contribution is 2.04. The average molecular weight is 202 g/mol. The number of aliphatic carboxylic acids is 1. The van der Waals surface area contributed by atoms with Crippen LogP contribution in [0.1, 0.15) is 0 Å². The zero-order valence-electron chi connectivity index (χ0n) is 6.77. The SMILES string of the molecule is N[C@@H](CS(=O)c1cc[nH]c1)C(=O)O. The van der Waals surface area contributed by atoms with Crippen LogP contribution in [0.2, 0.25) is 0 Å². The molecule has 1 rings (SSSR count). The number of aromatic nitrogens is 1. The molecule has 0 aromatic carbocycles. The van der Waals surface area contributed by atoms with Crippen molar-refractivity contribution in [1.82, 2.24) is 4.98 Å². The van der Waals surface area contributed by atoms with E-state index in [2.05, 4.69) is 4.98 Å². The van der Waals surface area contributed by atoms with Gasteiger partial charge >= 0.3 is 5.97 Å². The smallest absolute Gasteiger partial charge is 0.321 e. The summed E-state index contributed by atoms with van der Waals surface area (Å²) in [5.41, 5.74) is 5.22. The predicted octanol–water partition coefficient (Wildman–Crippen LogP) is -0.466. The number of hydrogen-bond donors (Lipinski definition) is 3. The molecule has 0 fully saturated rings. The van der Waals surface area contributed by atoms with Crippen LogP contribution in [-0.2, 0) is 15.6 Å². The average Bonchev–Trinajstić information content (AvgIpc) is 2.55. The summed E-state index contributed by atoms with van der Waals surface area (Å²) in [4.78, 5) is 13.6. The van der Waals surface area contributed by atoms with E-state index in [9.17, 15) is 9.00 Å². The third-order valence-corrected chi connectivity index (χ3v) is 2.92. The van der Waals surface area contributed by atoms with Gasteiger partial charge in [0.1, 0.15) is 6.04 Å². The summed E-state index contributed by atoms with van der Waals surface area (Å²) < 4.78 is 11.4. The Bertz CT molecular complexity index is 310. The molecule has 0 bridgehead atoms. The van der Waals surface area contributed by atoms with E-state index in [4.69, 9.17) is 10.8 Å². The molecule has 4 N–H and O–H groups in total. The lowest BCUT2D eigenvalue weighted by Gasteiger charge is -2.03. The minimum absolute atomic E-state index is 0.0623. The Morgan fingerprint density at radius 3 is 2.92 bits per heavy atom. The Labute approximate surface area is 77.4 Å². The highest BCUT2D eigenvalue weighted by Gasteiger charge is 2.16. The van der Waals surface area contributed by atoms with E-state index in [1.807, 2.05) is 0 Å². The number of nitrogens with two attached hydrogens (primary N) is 1. The lowest BCUT2D eigenvalue weighted by Crippen LogP contribution is -2.35. The third kappa shape index (κ3) is 2.67. The van der Waals surface area contributed by atoms with Gasteiger partial charge in [-0.1, -0.05) is 0 Å². The summed E-state index contributed by atoms with van der Waals surface area (Å²) in [6.07, 6.45) is 3.18. The molecule has 0 spiro atoms. The highest BCUT2D eigenvalue weighted by molar-refractivity contribution is 7.85. The van der Waals surface area contributed by atoms with Crippen molar-refractivity contribution in [2.75, 3.05) is 5.75 Å². The first-order valence-electron chi connectivity index (χ1n) is 3.61. The summed E-state index contributed by atoms with van der Waals surface area (Å²) >= 11 is 0. The zero-order valence-corrected chi connectivity index (χ0v) is 7.58. The summed E-state index contributed by atoms with van der Waals surface area (Å²) in [6, 6.07) is 0.556. The molecule has 1 aromatic rings. The Balaban J connectivity index is 2.56. The summed E-state index contributed by atoms with van der Waals surface area (Å²) in [6.45, 7) is 0. The number of nitrogens with one attached hydrogen (secondary N) is 1. The van der Waals surface area contributed by atoms with Crippen LogP contribution in [-0.4, -0.2) is 32.1 Å². The van der Waals surface area contributed by atoms with Gasteiger partial charge < -0.3 is 15.8 Å². The van der Waals surface area contributed by atoms with Crippen LogP contribution in [0, 0.1) is 0 Å².